The molecule has 1 amide bonds. The Balaban J connectivity index is 1.36. The number of carbonyl (C=O) groups is 2. The number of phenols is 1. The molecule has 2 saturated heterocycles. The number of rotatable bonds is 5. The van der Waals surface area contributed by atoms with Crippen molar-refractivity contribution >= 4 is 23.6 Å². The number of hydrogen-bond acceptors (Lipinski definition) is 5. The van der Waals surface area contributed by atoms with Crippen LogP contribution >= 0.6 is 0 Å². The highest BCUT2D eigenvalue weighted by Gasteiger charge is 2.26. The number of anilines is 2. The smallest absolute Gasteiger partial charge is 0.255 e. The molecule has 7 heteroatoms. The molecule has 0 aromatic heterocycles. The minimum Gasteiger partial charge on any atom is -0.504 e. The molecule has 2 N–H and O–H groups in total. The van der Waals surface area contributed by atoms with E-state index in [-0.39, 0.29) is 11.1 Å². The van der Waals surface area contributed by atoms with Crippen LogP contribution in [-0.4, -0.2) is 54.4 Å². The third-order valence-corrected chi connectivity index (χ3v) is 6.09. The number of hydrogen-bond donors (Lipinski definition) is 2. The second-order valence-electron chi connectivity index (χ2n) is 7.98. The molecule has 0 spiro atoms. The largest absolute Gasteiger partial charge is 0.504 e. The van der Waals surface area contributed by atoms with E-state index in [0.717, 1.165) is 24.8 Å². The Labute approximate surface area is 175 Å². The van der Waals surface area contributed by atoms with Crippen LogP contribution in [0, 0.1) is 5.82 Å². The highest BCUT2D eigenvalue weighted by atomic mass is 19.1. The molecule has 0 radical (unpaired) electrons. The summed E-state index contributed by atoms with van der Waals surface area (Å²) in [5.74, 6) is -2.30. The van der Waals surface area contributed by atoms with Gasteiger partial charge in [0.15, 0.2) is 17.9 Å². The fourth-order valence-electron chi connectivity index (χ4n) is 4.40. The molecule has 0 bridgehead atoms. The van der Waals surface area contributed by atoms with Gasteiger partial charge in [-0.1, -0.05) is 0 Å². The summed E-state index contributed by atoms with van der Waals surface area (Å²) in [7, 11) is 0. The van der Waals surface area contributed by atoms with Gasteiger partial charge >= 0.3 is 0 Å². The third kappa shape index (κ3) is 4.31. The van der Waals surface area contributed by atoms with Gasteiger partial charge in [-0.15, -0.1) is 0 Å². The van der Waals surface area contributed by atoms with Crippen LogP contribution in [0.4, 0.5) is 15.8 Å². The number of nitrogens with one attached hydrogen (secondary N) is 1. The molecule has 2 aliphatic heterocycles. The standard InChI is InChI=1S/C23H26FN3O3/c24-21-14-16(13-17(15-28)22(21)29)23(30)25-18-3-5-19(6-4-18)27-11-7-20(8-12-27)26-9-1-2-10-26/h3-6,13-15,20,29H,1-2,7-12H2,(H,25,30). The average Bonchev–Trinajstić information content (AvgIpc) is 3.31. The molecule has 2 fully saturated rings. The van der Waals surface area contributed by atoms with Gasteiger partial charge in [-0.25, -0.2) is 4.39 Å². The van der Waals surface area contributed by atoms with E-state index in [1.807, 2.05) is 24.3 Å². The topological polar surface area (TPSA) is 72.9 Å². The van der Waals surface area contributed by atoms with Gasteiger partial charge in [0.1, 0.15) is 0 Å². The Bertz CT molecular complexity index is 918. The first-order valence-corrected chi connectivity index (χ1v) is 10.4. The number of phenolic OH excluding ortho intramolecular Hbond substituents is 1. The van der Waals surface area contributed by atoms with E-state index in [9.17, 15) is 19.1 Å². The number of nitrogens with zero attached hydrogens (tertiary/aromatic N) is 2. The molecule has 158 valence electrons. The van der Waals surface area contributed by atoms with E-state index >= 15 is 0 Å². The van der Waals surface area contributed by atoms with Crippen molar-refractivity contribution in [3.05, 3.63) is 53.3 Å². The third-order valence-electron chi connectivity index (χ3n) is 6.09. The molecule has 30 heavy (non-hydrogen) atoms. The van der Waals surface area contributed by atoms with E-state index in [4.69, 9.17) is 0 Å². The quantitative estimate of drug-likeness (QED) is 0.735. The molecule has 2 aromatic carbocycles. The van der Waals surface area contributed by atoms with Gasteiger partial charge in [-0.3, -0.25) is 9.59 Å². The highest BCUT2D eigenvalue weighted by Crippen LogP contribution is 2.26. The maximum absolute atomic E-state index is 13.7. The molecule has 4 rings (SSSR count). The van der Waals surface area contributed by atoms with Gasteiger partial charge in [0.05, 0.1) is 5.56 Å². The number of likely N-dealkylation sites (tertiary alicyclic amines) is 1. The van der Waals surface area contributed by atoms with Crippen molar-refractivity contribution in [2.45, 2.75) is 31.7 Å². The molecule has 2 aromatic rings. The SMILES string of the molecule is O=Cc1cc(C(=O)Nc2ccc(N3CCC(N4CCCC4)CC3)cc2)cc(F)c1O. The minimum atomic E-state index is -1.00. The second-order valence-corrected chi connectivity index (χ2v) is 7.98. The normalized spacial score (nSPS) is 17.8. The van der Waals surface area contributed by atoms with Crippen molar-refractivity contribution in [2.75, 3.05) is 36.4 Å². The van der Waals surface area contributed by atoms with Gasteiger partial charge in [-0.2, -0.15) is 0 Å². The summed E-state index contributed by atoms with van der Waals surface area (Å²) in [6.07, 6.45) is 5.30. The Hall–Kier alpha value is -2.93. The van der Waals surface area contributed by atoms with Crippen LogP contribution in [0.2, 0.25) is 0 Å². The molecular formula is C23H26FN3O3. The van der Waals surface area contributed by atoms with Gasteiger partial charge in [-0.05, 0) is 75.2 Å². The molecular weight excluding hydrogens is 385 g/mol. The maximum atomic E-state index is 13.7. The molecule has 6 nitrogen and oxygen atoms in total. The van der Waals surface area contributed by atoms with Crippen LogP contribution in [-0.2, 0) is 0 Å². The van der Waals surface area contributed by atoms with Crippen LogP contribution in [0.3, 0.4) is 0 Å². The molecule has 0 atom stereocenters. The highest BCUT2D eigenvalue weighted by molar-refractivity contribution is 6.05. The number of aldehydes is 1. The van der Waals surface area contributed by atoms with Crippen LogP contribution in [0.25, 0.3) is 0 Å². The Kier molecular flexibility index (Phi) is 5.99. The van der Waals surface area contributed by atoms with Gasteiger partial charge in [0.25, 0.3) is 5.91 Å². The summed E-state index contributed by atoms with van der Waals surface area (Å²) >= 11 is 0. The maximum Gasteiger partial charge on any atom is 0.255 e. The number of piperidine rings is 1. The summed E-state index contributed by atoms with van der Waals surface area (Å²) < 4.78 is 13.7. The summed E-state index contributed by atoms with van der Waals surface area (Å²) in [6.45, 7) is 4.51. The number of benzene rings is 2. The summed E-state index contributed by atoms with van der Waals surface area (Å²) in [6, 6.07) is 10.4. The fraction of sp³-hybridized carbons (Fsp3) is 0.391. The molecule has 0 unspecified atom stereocenters. The van der Waals surface area contributed by atoms with Crippen molar-refractivity contribution in [1.82, 2.24) is 4.90 Å². The van der Waals surface area contributed by atoms with E-state index in [0.29, 0.717) is 18.0 Å². The lowest BCUT2D eigenvalue weighted by Crippen LogP contribution is -2.43. The number of aromatic hydroxyl groups is 1. The molecule has 0 aliphatic carbocycles. The zero-order chi connectivity index (χ0) is 21.1. The van der Waals surface area contributed by atoms with E-state index in [1.54, 1.807) is 0 Å². The Morgan fingerprint density at radius 2 is 1.73 bits per heavy atom. The Morgan fingerprint density at radius 1 is 1.07 bits per heavy atom. The average molecular weight is 411 g/mol. The summed E-state index contributed by atoms with van der Waals surface area (Å²) in [4.78, 5) is 28.3. The monoisotopic (exact) mass is 411 g/mol. The van der Waals surface area contributed by atoms with Gasteiger partial charge in [0.2, 0.25) is 0 Å². The minimum absolute atomic E-state index is 0.0274. The zero-order valence-electron chi connectivity index (χ0n) is 16.8. The van der Waals surface area contributed by atoms with E-state index < -0.39 is 17.5 Å². The van der Waals surface area contributed by atoms with Crippen LogP contribution in [0.5, 0.6) is 5.75 Å². The van der Waals surface area contributed by atoms with Crippen molar-refractivity contribution in [2.24, 2.45) is 0 Å². The van der Waals surface area contributed by atoms with Crippen LogP contribution in [0.15, 0.2) is 36.4 Å². The summed E-state index contributed by atoms with van der Waals surface area (Å²) in [5, 5.41) is 12.2. The van der Waals surface area contributed by atoms with Crippen molar-refractivity contribution in [1.29, 1.82) is 0 Å². The van der Waals surface area contributed by atoms with Crippen molar-refractivity contribution < 1.29 is 19.1 Å². The first-order valence-electron chi connectivity index (χ1n) is 10.4. The Morgan fingerprint density at radius 3 is 2.37 bits per heavy atom. The van der Waals surface area contributed by atoms with Crippen molar-refractivity contribution in [3.8, 4) is 5.75 Å². The molecule has 0 saturated carbocycles. The lowest BCUT2D eigenvalue weighted by atomic mass is 10.0. The van der Waals surface area contributed by atoms with E-state index in [2.05, 4.69) is 15.1 Å². The second kappa shape index (κ2) is 8.83. The van der Waals surface area contributed by atoms with Crippen molar-refractivity contribution in [3.63, 3.8) is 0 Å². The predicted molar refractivity (Wildman–Crippen MR) is 114 cm³/mol. The lowest BCUT2D eigenvalue weighted by Gasteiger charge is -2.37. The zero-order valence-corrected chi connectivity index (χ0v) is 16.8. The summed E-state index contributed by atoms with van der Waals surface area (Å²) in [5.41, 5.74) is 1.41. The lowest BCUT2D eigenvalue weighted by molar-refractivity contribution is 0.102. The molecule has 2 heterocycles. The number of carbonyl (C=O) groups excluding carboxylic acids is 2. The number of amides is 1. The predicted octanol–water partition coefficient (Wildman–Crippen LogP) is 3.66. The first kappa shape index (κ1) is 20.3. The van der Waals surface area contributed by atoms with Gasteiger partial charge < -0.3 is 20.2 Å². The van der Waals surface area contributed by atoms with E-state index in [1.165, 1.54) is 44.8 Å². The fourth-order valence-corrected chi connectivity index (χ4v) is 4.40. The van der Waals surface area contributed by atoms with Gasteiger partial charge in [0, 0.05) is 36.1 Å². The molecule has 2 aliphatic rings. The first-order chi connectivity index (χ1) is 14.5. The van der Waals surface area contributed by atoms with Crippen LogP contribution < -0.4 is 10.2 Å². The number of halogens is 1. The van der Waals surface area contributed by atoms with Crippen LogP contribution in [0.1, 0.15) is 46.4 Å².